The number of likely N-dealkylation sites (N-methyl/N-ethyl adjacent to an activating group) is 1. The molecule has 1 heterocycles. The number of phenolic OH excluding ortho intramolecular Hbond substituents is 1. The van der Waals surface area contributed by atoms with E-state index in [1.54, 1.807) is 23.1 Å². The van der Waals surface area contributed by atoms with Gasteiger partial charge in [-0.05, 0) is 19.2 Å². The zero-order chi connectivity index (χ0) is 14.5. The largest absolute Gasteiger partial charge is 0.504 e. The molecule has 1 aliphatic rings. The van der Waals surface area contributed by atoms with E-state index < -0.39 is 0 Å². The van der Waals surface area contributed by atoms with Gasteiger partial charge in [0.1, 0.15) is 0 Å². The van der Waals surface area contributed by atoms with Crippen LogP contribution in [0.1, 0.15) is 10.4 Å². The fourth-order valence-electron chi connectivity index (χ4n) is 2.28. The topological polar surface area (TPSA) is 71.0 Å². The minimum Gasteiger partial charge on any atom is -0.504 e. The summed E-state index contributed by atoms with van der Waals surface area (Å²) in [4.78, 5) is 14.2. The molecule has 6 nitrogen and oxygen atoms in total. The highest BCUT2D eigenvalue weighted by Crippen LogP contribution is 2.30. The molecule has 2 N–H and O–H groups in total. The number of ether oxygens (including phenoxy) is 2. The Labute approximate surface area is 118 Å². The molecule has 6 heteroatoms. The van der Waals surface area contributed by atoms with E-state index in [-0.39, 0.29) is 23.3 Å². The lowest BCUT2D eigenvalue weighted by Gasteiger charge is -2.33. The summed E-state index contributed by atoms with van der Waals surface area (Å²) < 4.78 is 10.6. The third kappa shape index (κ3) is 3.02. The van der Waals surface area contributed by atoms with Gasteiger partial charge in [-0.1, -0.05) is 6.07 Å². The van der Waals surface area contributed by atoms with Gasteiger partial charge in [0.25, 0.3) is 5.91 Å². The molecule has 1 aliphatic heterocycles. The molecule has 0 aromatic heterocycles. The van der Waals surface area contributed by atoms with Gasteiger partial charge in [0.15, 0.2) is 11.5 Å². The minimum absolute atomic E-state index is 0.0227. The molecule has 0 radical (unpaired) electrons. The second-order valence-corrected chi connectivity index (χ2v) is 4.66. The van der Waals surface area contributed by atoms with Crippen LogP contribution in [0.15, 0.2) is 18.2 Å². The Hall–Kier alpha value is -1.79. The first-order chi connectivity index (χ1) is 9.67. The van der Waals surface area contributed by atoms with Crippen LogP contribution in [0.25, 0.3) is 0 Å². The maximum Gasteiger partial charge on any atom is 0.257 e. The highest BCUT2D eigenvalue weighted by molar-refractivity contribution is 5.97. The van der Waals surface area contributed by atoms with Gasteiger partial charge in [0.2, 0.25) is 0 Å². The number of methoxy groups -OCH3 is 1. The quantitative estimate of drug-likeness (QED) is 0.838. The van der Waals surface area contributed by atoms with Gasteiger partial charge in [-0.3, -0.25) is 4.79 Å². The van der Waals surface area contributed by atoms with Crippen molar-refractivity contribution in [1.29, 1.82) is 0 Å². The molecule has 1 fully saturated rings. The number of phenols is 1. The Morgan fingerprint density at radius 1 is 1.60 bits per heavy atom. The first-order valence-corrected chi connectivity index (χ1v) is 6.58. The maximum atomic E-state index is 12.5. The summed E-state index contributed by atoms with van der Waals surface area (Å²) in [6.45, 7) is 2.22. The van der Waals surface area contributed by atoms with Gasteiger partial charge in [-0.2, -0.15) is 0 Å². The molecule has 1 unspecified atom stereocenters. The lowest BCUT2D eigenvalue weighted by atomic mass is 10.1. The SMILES string of the molecule is CNCC1CN(C(=O)c2cccc(OC)c2O)CCO1. The van der Waals surface area contributed by atoms with Gasteiger partial charge < -0.3 is 24.8 Å². The average Bonchev–Trinajstić information content (AvgIpc) is 2.47. The molecular formula is C14H20N2O4. The summed E-state index contributed by atoms with van der Waals surface area (Å²) in [6.07, 6.45) is -0.0227. The molecule has 0 saturated carbocycles. The highest BCUT2D eigenvalue weighted by atomic mass is 16.5. The molecule has 1 saturated heterocycles. The Kier molecular flexibility index (Phi) is 4.81. The molecular weight excluding hydrogens is 260 g/mol. The van der Waals surface area contributed by atoms with E-state index in [0.717, 1.165) is 0 Å². The number of carbonyl (C=O) groups is 1. The zero-order valence-electron chi connectivity index (χ0n) is 11.8. The number of hydrogen-bond donors (Lipinski definition) is 2. The highest BCUT2D eigenvalue weighted by Gasteiger charge is 2.26. The van der Waals surface area contributed by atoms with Crippen molar-refractivity contribution in [1.82, 2.24) is 10.2 Å². The number of rotatable bonds is 4. The summed E-state index contributed by atoms with van der Waals surface area (Å²) in [5.41, 5.74) is 0.259. The molecule has 110 valence electrons. The van der Waals surface area contributed by atoms with Crippen LogP contribution in [0.5, 0.6) is 11.5 Å². The Bertz CT molecular complexity index is 476. The molecule has 1 amide bonds. The standard InChI is InChI=1S/C14H20N2O4/c1-15-8-10-9-16(6-7-20-10)14(18)11-4-3-5-12(19-2)13(11)17/h3-5,10,15,17H,6-9H2,1-2H3. The van der Waals surface area contributed by atoms with Crippen molar-refractivity contribution in [3.05, 3.63) is 23.8 Å². The molecule has 0 aliphatic carbocycles. The Morgan fingerprint density at radius 3 is 3.10 bits per heavy atom. The lowest BCUT2D eigenvalue weighted by molar-refractivity contribution is -0.0197. The van der Waals surface area contributed by atoms with Gasteiger partial charge >= 0.3 is 0 Å². The first kappa shape index (κ1) is 14.6. The van der Waals surface area contributed by atoms with Gasteiger partial charge in [-0.15, -0.1) is 0 Å². The average molecular weight is 280 g/mol. The number of para-hydroxylation sites is 1. The number of carbonyl (C=O) groups excluding carboxylic acids is 1. The van der Waals surface area contributed by atoms with E-state index >= 15 is 0 Å². The van der Waals surface area contributed by atoms with Crippen LogP contribution in [0, 0.1) is 0 Å². The van der Waals surface area contributed by atoms with E-state index in [9.17, 15) is 9.90 Å². The number of hydrogen-bond acceptors (Lipinski definition) is 5. The van der Waals surface area contributed by atoms with Crippen LogP contribution in [0.3, 0.4) is 0 Å². The Morgan fingerprint density at radius 2 is 2.40 bits per heavy atom. The fraction of sp³-hybridized carbons (Fsp3) is 0.500. The predicted molar refractivity (Wildman–Crippen MR) is 74.2 cm³/mol. The second-order valence-electron chi connectivity index (χ2n) is 4.66. The minimum atomic E-state index is -0.203. The van der Waals surface area contributed by atoms with Crippen LogP contribution < -0.4 is 10.1 Å². The summed E-state index contributed by atoms with van der Waals surface area (Å²) in [5, 5.41) is 13.1. The number of amides is 1. The summed E-state index contributed by atoms with van der Waals surface area (Å²) in [5.74, 6) is -0.0154. The fourth-order valence-corrected chi connectivity index (χ4v) is 2.28. The van der Waals surface area contributed by atoms with Crippen molar-refractivity contribution in [2.45, 2.75) is 6.10 Å². The van der Waals surface area contributed by atoms with Crippen LogP contribution in [0.2, 0.25) is 0 Å². The smallest absolute Gasteiger partial charge is 0.257 e. The first-order valence-electron chi connectivity index (χ1n) is 6.58. The lowest BCUT2D eigenvalue weighted by Crippen LogP contribution is -2.48. The molecule has 2 rings (SSSR count). The second kappa shape index (κ2) is 6.58. The van der Waals surface area contributed by atoms with E-state index in [4.69, 9.17) is 9.47 Å². The van der Waals surface area contributed by atoms with E-state index in [1.807, 2.05) is 7.05 Å². The van der Waals surface area contributed by atoms with Crippen molar-refractivity contribution in [3.8, 4) is 11.5 Å². The molecule has 0 spiro atoms. The molecule has 20 heavy (non-hydrogen) atoms. The summed E-state index contributed by atoms with van der Waals surface area (Å²) >= 11 is 0. The van der Waals surface area contributed by atoms with E-state index in [1.165, 1.54) is 7.11 Å². The van der Waals surface area contributed by atoms with Crippen LogP contribution in [-0.4, -0.2) is 62.4 Å². The molecule has 1 atom stereocenters. The number of benzene rings is 1. The normalized spacial score (nSPS) is 18.9. The number of morpholine rings is 1. The number of nitrogens with zero attached hydrogens (tertiary/aromatic N) is 1. The molecule has 1 aromatic rings. The van der Waals surface area contributed by atoms with Gasteiger partial charge in [-0.25, -0.2) is 0 Å². The van der Waals surface area contributed by atoms with E-state index in [0.29, 0.717) is 32.0 Å². The van der Waals surface area contributed by atoms with Crippen molar-refractivity contribution in [2.24, 2.45) is 0 Å². The maximum absolute atomic E-state index is 12.5. The molecule has 0 bridgehead atoms. The van der Waals surface area contributed by atoms with Crippen molar-refractivity contribution >= 4 is 5.91 Å². The van der Waals surface area contributed by atoms with Gasteiger partial charge in [0.05, 0.1) is 25.4 Å². The monoisotopic (exact) mass is 280 g/mol. The Balaban J connectivity index is 2.14. The summed E-state index contributed by atoms with van der Waals surface area (Å²) in [7, 11) is 3.30. The third-order valence-electron chi connectivity index (χ3n) is 3.31. The number of aromatic hydroxyl groups is 1. The third-order valence-corrected chi connectivity index (χ3v) is 3.31. The zero-order valence-corrected chi connectivity index (χ0v) is 11.8. The predicted octanol–water partition coefficient (Wildman–Crippen LogP) is 0.461. The molecule has 1 aromatic carbocycles. The van der Waals surface area contributed by atoms with Crippen LogP contribution >= 0.6 is 0 Å². The summed E-state index contributed by atoms with van der Waals surface area (Å²) in [6, 6.07) is 4.91. The van der Waals surface area contributed by atoms with E-state index in [2.05, 4.69) is 5.32 Å². The van der Waals surface area contributed by atoms with Crippen molar-refractivity contribution < 1.29 is 19.4 Å². The number of nitrogens with one attached hydrogen (secondary N) is 1. The van der Waals surface area contributed by atoms with Crippen LogP contribution in [0.4, 0.5) is 0 Å². The van der Waals surface area contributed by atoms with Crippen molar-refractivity contribution in [3.63, 3.8) is 0 Å². The van der Waals surface area contributed by atoms with Gasteiger partial charge in [0, 0.05) is 19.6 Å². The van der Waals surface area contributed by atoms with Crippen molar-refractivity contribution in [2.75, 3.05) is 40.4 Å². The van der Waals surface area contributed by atoms with Crippen LogP contribution in [-0.2, 0) is 4.74 Å².